The van der Waals surface area contributed by atoms with Crippen LogP contribution in [0.1, 0.15) is 35.8 Å². The molecule has 2 bridgehead atoms. The Balaban J connectivity index is 2.17. The molecule has 0 saturated heterocycles. The molecule has 0 radical (unpaired) electrons. The summed E-state index contributed by atoms with van der Waals surface area (Å²) in [5, 5.41) is 1.05. The van der Waals surface area contributed by atoms with E-state index in [0.717, 1.165) is 11.5 Å². The van der Waals surface area contributed by atoms with Gasteiger partial charge in [-0.25, -0.2) is 0 Å². The van der Waals surface area contributed by atoms with Crippen LogP contribution in [0.4, 0.5) is 0 Å². The minimum Gasteiger partial charge on any atom is -0.0895 e. The van der Waals surface area contributed by atoms with Crippen molar-refractivity contribution in [1.29, 1.82) is 0 Å². The van der Waals surface area contributed by atoms with Crippen molar-refractivity contribution < 1.29 is 0 Å². The van der Waals surface area contributed by atoms with Crippen molar-refractivity contribution in [1.82, 2.24) is 0 Å². The van der Waals surface area contributed by atoms with Gasteiger partial charge in [0.05, 0.1) is 0 Å². The third kappa shape index (κ3) is 1.05. The third-order valence-corrected chi connectivity index (χ3v) is 3.48. The highest BCUT2D eigenvalue weighted by atomic mass is 35.5. The number of benzene rings is 1. The van der Waals surface area contributed by atoms with E-state index in [0.29, 0.717) is 11.8 Å². The van der Waals surface area contributed by atoms with Crippen LogP contribution in [0.25, 0.3) is 0 Å². The van der Waals surface area contributed by atoms with Crippen LogP contribution in [-0.4, -0.2) is 0 Å². The lowest BCUT2D eigenvalue weighted by Gasteiger charge is -2.15. The van der Waals surface area contributed by atoms with Crippen LogP contribution < -0.4 is 0 Å². The average molecular weight is 191 g/mol. The highest BCUT2D eigenvalue weighted by Crippen LogP contribution is 2.49. The number of fused-ring (bicyclic) bond motifs is 5. The van der Waals surface area contributed by atoms with Crippen molar-refractivity contribution in [2.45, 2.75) is 24.7 Å². The van der Waals surface area contributed by atoms with Crippen LogP contribution in [0.2, 0.25) is 0 Å². The Kier molecular flexibility index (Phi) is 1.54. The lowest BCUT2D eigenvalue weighted by atomic mass is 9.93. The fourth-order valence-electron chi connectivity index (χ4n) is 2.65. The van der Waals surface area contributed by atoms with Gasteiger partial charge in [-0.05, 0) is 29.9 Å². The second kappa shape index (κ2) is 2.62. The smallest absolute Gasteiger partial charge is 0.0153 e. The molecule has 0 spiro atoms. The maximum absolute atomic E-state index is 6.10. The van der Waals surface area contributed by atoms with E-state index in [1.165, 1.54) is 17.5 Å². The van der Waals surface area contributed by atoms with Crippen LogP contribution in [0.5, 0.6) is 0 Å². The highest BCUT2D eigenvalue weighted by Gasteiger charge is 2.33. The second-order valence-electron chi connectivity index (χ2n) is 3.99. The van der Waals surface area contributed by atoms with Crippen molar-refractivity contribution in [3.05, 3.63) is 46.5 Å². The molecule has 1 heteroatoms. The zero-order valence-corrected chi connectivity index (χ0v) is 8.09. The first-order valence-electron chi connectivity index (χ1n) is 4.79. The van der Waals surface area contributed by atoms with Gasteiger partial charge in [0.15, 0.2) is 0 Å². The van der Waals surface area contributed by atoms with Gasteiger partial charge in [-0.15, -0.1) is 0 Å². The van der Waals surface area contributed by atoms with Crippen LogP contribution >= 0.6 is 11.6 Å². The van der Waals surface area contributed by atoms with E-state index in [4.69, 9.17) is 11.6 Å². The van der Waals surface area contributed by atoms with E-state index in [2.05, 4.69) is 30.3 Å². The number of hydrogen-bond acceptors (Lipinski definition) is 0. The Labute approximate surface area is 83.2 Å². The van der Waals surface area contributed by atoms with Crippen molar-refractivity contribution in [2.24, 2.45) is 0 Å². The van der Waals surface area contributed by atoms with Crippen LogP contribution in [0.15, 0.2) is 35.4 Å². The summed E-state index contributed by atoms with van der Waals surface area (Å²) in [5.74, 6) is 1.29. The predicted molar refractivity (Wildman–Crippen MR) is 55.1 cm³/mol. The van der Waals surface area contributed by atoms with Gasteiger partial charge in [0.1, 0.15) is 0 Å². The molecule has 0 nitrogen and oxygen atoms in total. The summed E-state index contributed by atoms with van der Waals surface area (Å²) in [6.07, 6.45) is 4.55. The zero-order valence-electron chi connectivity index (χ0n) is 7.33. The van der Waals surface area contributed by atoms with Crippen molar-refractivity contribution in [3.63, 3.8) is 0 Å². The Morgan fingerprint density at radius 1 is 1.15 bits per heavy atom. The summed E-state index contributed by atoms with van der Waals surface area (Å²) in [7, 11) is 0. The first kappa shape index (κ1) is 7.64. The molecular weight excluding hydrogens is 180 g/mol. The molecule has 1 aromatic carbocycles. The first-order chi connectivity index (χ1) is 6.34. The number of rotatable bonds is 0. The number of halogens is 1. The SMILES string of the molecule is ClC1=CC2CC(C1)c1ccccc12. The molecule has 2 unspecified atom stereocenters. The van der Waals surface area contributed by atoms with Crippen molar-refractivity contribution in [2.75, 3.05) is 0 Å². The molecule has 0 N–H and O–H groups in total. The van der Waals surface area contributed by atoms with Crippen LogP contribution in [0.3, 0.4) is 0 Å². The summed E-state index contributed by atoms with van der Waals surface area (Å²) in [6.45, 7) is 0. The first-order valence-corrected chi connectivity index (χ1v) is 5.17. The molecule has 2 aliphatic rings. The van der Waals surface area contributed by atoms with Crippen molar-refractivity contribution in [3.8, 4) is 0 Å². The lowest BCUT2D eigenvalue weighted by Crippen LogP contribution is -1.98. The van der Waals surface area contributed by atoms with Gasteiger partial charge in [-0.3, -0.25) is 0 Å². The minimum absolute atomic E-state index is 0.599. The normalized spacial score (nSPS) is 29.8. The van der Waals surface area contributed by atoms with Crippen molar-refractivity contribution >= 4 is 11.6 Å². The Bertz CT molecular complexity index is 378. The van der Waals surface area contributed by atoms with Crippen LogP contribution in [-0.2, 0) is 0 Å². The average Bonchev–Trinajstić information content (AvgIpc) is 2.41. The van der Waals surface area contributed by atoms with Gasteiger partial charge in [-0.1, -0.05) is 41.9 Å². The molecule has 0 aromatic heterocycles. The van der Waals surface area contributed by atoms with E-state index in [1.807, 2.05) is 0 Å². The number of allylic oxidation sites excluding steroid dienone is 2. The topological polar surface area (TPSA) is 0 Å². The second-order valence-corrected chi connectivity index (χ2v) is 4.47. The molecule has 1 aromatic rings. The zero-order chi connectivity index (χ0) is 8.84. The molecule has 3 rings (SSSR count). The predicted octanol–water partition coefficient (Wildman–Crippen LogP) is 3.78. The largest absolute Gasteiger partial charge is 0.0895 e. The van der Waals surface area contributed by atoms with Gasteiger partial charge in [0.25, 0.3) is 0 Å². The van der Waals surface area contributed by atoms with E-state index in [9.17, 15) is 0 Å². The third-order valence-electron chi connectivity index (χ3n) is 3.20. The summed E-state index contributed by atoms with van der Waals surface area (Å²) in [4.78, 5) is 0. The van der Waals surface area contributed by atoms with Crippen LogP contribution in [0, 0.1) is 0 Å². The minimum atomic E-state index is 0.599. The Morgan fingerprint density at radius 2 is 1.92 bits per heavy atom. The molecule has 66 valence electrons. The monoisotopic (exact) mass is 190 g/mol. The van der Waals surface area contributed by atoms with Gasteiger partial charge >= 0.3 is 0 Å². The Hall–Kier alpha value is -0.750. The highest BCUT2D eigenvalue weighted by molar-refractivity contribution is 6.29. The quantitative estimate of drug-likeness (QED) is 0.584. The summed E-state index contributed by atoms with van der Waals surface area (Å²) >= 11 is 6.10. The van der Waals surface area contributed by atoms with Gasteiger partial charge in [0, 0.05) is 11.0 Å². The molecular formula is C12H11Cl. The molecule has 0 heterocycles. The lowest BCUT2D eigenvalue weighted by molar-refractivity contribution is 0.620. The fourth-order valence-corrected chi connectivity index (χ4v) is 2.99. The molecule has 0 aliphatic heterocycles. The van der Waals surface area contributed by atoms with Gasteiger partial charge < -0.3 is 0 Å². The van der Waals surface area contributed by atoms with Gasteiger partial charge in [-0.2, -0.15) is 0 Å². The molecule has 2 atom stereocenters. The fraction of sp³-hybridized carbons (Fsp3) is 0.333. The summed E-state index contributed by atoms with van der Waals surface area (Å²) in [6, 6.07) is 8.75. The summed E-state index contributed by atoms with van der Waals surface area (Å²) < 4.78 is 0. The van der Waals surface area contributed by atoms with E-state index in [-0.39, 0.29) is 0 Å². The summed E-state index contributed by atoms with van der Waals surface area (Å²) in [5.41, 5.74) is 3.03. The standard InChI is InChI=1S/C12H11Cl/c13-10-6-8-5-9(7-10)12-4-2-1-3-11(8)12/h1-4,6,8-9H,5,7H2. The molecule has 13 heavy (non-hydrogen) atoms. The molecule has 0 amide bonds. The molecule has 2 aliphatic carbocycles. The van der Waals surface area contributed by atoms with E-state index >= 15 is 0 Å². The van der Waals surface area contributed by atoms with E-state index < -0.39 is 0 Å². The maximum Gasteiger partial charge on any atom is 0.0153 e. The number of hydrogen-bond donors (Lipinski definition) is 0. The van der Waals surface area contributed by atoms with Gasteiger partial charge in [0.2, 0.25) is 0 Å². The Morgan fingerprint density at radius 3 is 2.77 bits per heavy atom. The van der Waals surface area contributed by atoms with E-state index in [1.54, 1.807) is 0 Å². The molecule has 0 saturated carbocycles. The molecule has 0 fully saturated rings. The maximum atomic E-state index is 6.10.